The molecule has 1 rings (SSSR count). The minimum absolute atomic E-state index is 0.137. The lowest BCUT2D eigenvalue weighted by Gasteiger charge is -2.01. The fourth-order valence-electron chi connectivity index (χ4n) is 1.16. The van der Waals surface area contributed by atoms with Crippen LogP contribution in [0.2, 0.25) is 5.02 Å². The topological polar surface area (TPSA) is 32.3 Å². The number of aryl methyl sites for hydroxylation is 1. The van der Waals surface area contributed by atoms with Crippen LogP contribution in [0.25, 0.3) is 0 Å². The van der Waals surface area contributed by atoms with Gasteiger partial charge in [-0.1, -0.05) is 23.4 Å². The predicted octanol–water partition coefficient (Wildman–Crippen LogP) is 2.32. The molecule has 0 saturated heterocycles. The lowest BCUT2D eigenvalue weighted by molar-refractivity contribution is 0.471. The van der Waals surface area contributed by atoms with Crippen LogP contribution < -0.4 is 5.32 Å². The van der Waals surface area contributed by atoms with E-state index in [0.717, 1.165) is 24.1 Å². The molecule has 0 heterocycles. The van der Waals surface area contributed by atoms with Gasteiger partial charge in [0.05, 0.1) is 5.02 Å². The minimum Gasteiger partial charge on any atom is -0.506 e. The highest BCUT2D eigenvalue weighted by atomic mass is 35.5. The standard InChI is InChI=1S/C12H14ClNO/c1-9-7-10(5-3-4-6-14-2)8-11(13)12(9)15/h7-8,14-15H,4,6H2,1-2H3. The zero-order chi connectivity index (χ0) is 11.3. The van der Waals surface area contributed by atoms with Crippen molar-refractivity contribution in [1.82, 2.24) is 5.32 Å². The molecule has 0 bridgehead atoms. The van der Waals surface area contributed by atoms with E-state index in [-0.39, 0.29) is 5.75 Å². The van der Waals surface area contributed by atoms with E-state index in [1.165, 1.54) is 0 Å². The fraction of sp³-hybridized carbons (Fsp3) is 0.333. The summed E-state index contributed by atoms with van der Waals surface area (Å²) in [6, 6.07) is 3.50. The first-order valence-corrected chi connectivity index (χ1v) is 5.15. The Hall–Kier alpha value is -1.17. The quantitative estimate of drug-likeness (QED) is 0.596. The molecule has 0 fully saturated rings. The van der Waals surface area contributed by atoms with Crippen LogP contribution in [0.1, 0.15) is 17.5 Å². The van der Waals surface area contributed by atoms with Crippen LogP contribution in [0.5, 0.6) is 5.75 Å². The molecule has 1 aromatic carbocycles. The van der Waals surface area contributed by atoms with Crippen molar-refractivity contribution in [3.8, 4) is 17.6 Å². The van der Waals surface area contributed by atoms with E-state index in [4.69, 9.17) is 11.6 Å². The van der Waals surface area contributed by atoms with Gasteiger partial charge in [0.1, 0.15) is 5.75 Å². The third kappa shape index (κ3) is 3.47. The molecule has 0 spiro atoms. The summed E-state index contributed by atoms with van der Waals surface area (Å²) in [4.78, 5) is 0. The van der Waals surface area contributed by atoms with Gasteiger partial charge in [-0.05, 0) is 31.7 Å². The Morgan fingerprint density at radius 3 is 2.80 bits per heavy atom. The lowest BCUT2D eigenvalue weighted by Crippen LogP contribution is -2.05. The summed E-state index contributed by atoms with van der Waals surface area (Å²) >= 11 is 5.83. The van der Waals surface area contributed by atoms with E-state index < -0.39 is 0 Å². The van der Waals surface area contributed by atoms with Gasteiger partial charge in [0, 0.05) is 18.5 Å². The first kappa shape index (κ1) is 11.9. The average molecular weight is 224 g/mol. The number of hydrogen-bond acceptors (Lipinski definition) is 2. The highest BCUT2D eigenvalue weighted by Gasteiger charge is 2.02. The van der Waals surface area contributed by atoms with Gasteiger partial charge in [-0.25, -0.2) is 0 Å². The zero-order valence-electron chi connectivity index (χ0n) is 8.89. The summed E-state index contributed by atoms with van der Waals surface area (Å²) < 4.78 is 0. The van der Waals surface area contributed by atoms with Crippen molar-refractivity contribution in [2.24, 2.45) is 0 Å². The largest absolute Gasteiger partial charge is 0.506 e. The maximum absolute atomic E-state index is 9.45. The Kier molecular flexibility index (Phi) is 4.48. The molecular formula is C12H14ClNO. The number of halogens is 1. The lowest BCUT2D eigenvalue weighted by atomic mass is 10.1. The van der Waals surface area contributed by atoms with Gasteiger partial charge < -0.3 is 10.4 Å². The van der Waals surface area contributed by atoms with E-state index in [1.54, 1.807) is 13.0 Å². The SMILES string of the molecule is CNCCC#Cc1cc(C)c(O)c(Cl)c1. The van der Waals surface area contributed by atoms with Gasteiger partial charge in [0.15, 0.2) is 0 Å². The molecule has 2 N–H and O–H groups in total. The first-order chi connectivity index (χ1) is 7.15. The number of phenolic OH excluding ortho intramolecular Hbond substituents is 1. The molecule has 0 aliphatic carbocycles. The summed E-state index contributed by atoms with van der Waals surface area (Å²) in [7, 11) is 1.89. The van der Waals surface area contributed by atoms with Gasteiger partial charge in [0.2, 0.25) is 0 Å². The van der Waals surface area contributed by atoms with Crippen LogP contribution in [0.3, 0.4) is 0 Å². The maximum atomic E-state index is 9.45. The van der Waals surface area contributed by atoms with Crippen LogP contribution in [-0.4, -0.2) is 18.7 Å². The van der Waals surface area contributed by atoms with E-state index in [2.05, 4.69) is 17.2 Å². The number of nitrogens with one attached hydrogen (secondary N) is 1. The van der Waals surface area contributed by atoms with E-state index >= 15 is 0 Å². The van der Waals surface area contributed by atoms with Gasteiger partial charge in [-0.3, -0.25) is 0 Å². The van der Waals surface area contributed by atoms with Crippen molar-refractivity contribution < 1.29 is 5.11 Å². The third-order valence-electron chi connectivity index (χ3n) is 1.99. The second-order valence-electron chi connectivity index (χ2n) is 3.28. The minimum atomic E-state index is 0.137. The van der Waals surface area contributed by atoms with Gasteiger partial charge in [-0.2, -0.15) is 0 Å². The van der Waals surface area contributed by atoms with Crippen LogP contribution in [0, 0.1) is 18.8 Å². The van der Waals surface area contributed by atoms with Gasteiger partial charge >= 0.3 is 0 Å². The molecule has 0 aliphatic rings. The second kappa shape index (κ2) is 5.65. The molecule has 3 heteroatoms. The number of benzene rings is 1. The van der Waals surface area contributed by atoms with Crippen molar-refractivity contribution in [3.05, 3.63) is 28.3 Å². The Morgan fingerprint density at radius 1 is 1.47 bits per heavy atom. The molecule has 0 amide bonds. The molecule has 0 aliphatic heterocycles. The molecule has 0 unspecified atom stereocenters. The third-order valence-corrected chi connectivity index (χ3v) is 2.27. The smallest absolute Gasteiger partial charge is 0.137 e. The predicted molar refractivity (Wildman–Crippen MR) is 63.3 cm³/mol. The van der Waals surface area contributed by atoms with Crippen molar-refractivity contribution in [1.29, 1.82) is 0 Å². The molecule has 80 valence electrons. The summed E-state index contributed by atoms with van der Waals surface area (Å²) in [6.07, 6.45) is 0.800. The second-order valence-corrected chi connectivity index (χ2v) is 3.69. The van der Waals surface area contributed by atoms with Crippen LogP contribution in [0.4, 0.5) is 0 Å². The Labute approximate surface area is 95.3 Å². The number of phenols is 1. The van der Waals surface area contributed by atoms with E-state index in [1.807, 2.05) is 13.1 Å². The highest BCUT2D eigenvalue weighted by Crippen LogP contribution is 2.27. The Morgan fingerprint density at radius 2 is 2.20 bits per heavy atom. The summed E-state index contributed by atoms with van der Waals surface area (Å²) in [5.41, 5.74) is 1.59. The van der Waals surface area contributed by atoms with Crippen molar-refractivity contribution >= 4 is 11.6 Å². The number of rotatable bonds is 2. The molecular weight excluding hydrogens is 210 g/mol. The average Bonchev–Trinajstić information content (AvgIpc) is 2.21. The van der Waals surface area contributed by atoms with E-state index in [9.17, 15) is 5.11 Å². The van der Waals surface area contributed by atoms with Crippen molar-refractivity contribution in [2.75, 3.05) is 13.6 Å². The molecule has 0 atom stereocenters. The summed E-state index contributed by atoms with van der Waals surface area (Å²) in [6.45, 7) is 2.68. The van der Waals surface area contributed by atoms with Crippen LogP contribution in [0.15, 0.2) is 12.1 Å². The molecule has 0 aromatic heterocycles. The monoisotopic (exact) mass is 223 g/mol. The van der Waals surface area contributed by atoms with Gasteiger partial charge in [-0.15, -0.1) is 0 Å². The zero-order valence-corrected chi connectivity index (χ0v) is 9.65. The molecule has 15 heavy (non-hydrogen) atoms. The highest BCUT2D eigenvalue weighted by molar-refractivity contribution is 6.32. The molecule has 0 radical (unpaired) electrons. The normalized spacial score (nSPS) is 9.53. The van der Waals surface area contributed by atoms with Crippen molar-refractivity contribution in [2.45, 2.75) is 13.3 Å². The van der Waals surface area contributed by atoms with Crippen LogP contribution in [-0.2, 0) is 0 Å². The Balaban J connectivity index is 2.81. The Bertz CT molecular complexity index is 381. The summed E-state index contributed by atoms with van der Waals surface area (Å²) in [5, 5.41) is 12.8. The maximum Gasteiger partial charge on any atom is 0.137 e. The fourth-order valence-corrected chi connectivity index (χ4v) is 1.43. The summed E-state index contributed by atoms with van der Waals surface area (Å²) in [5.74, 6) is 6.16. The van der Waals surface area contributed by atoms with E-state index in [0.29, 0.717) is 5.02 Å². The molecule has 0 saturated carbocycles. The molecule has 2 nitrogen and oxygen atoms in total. The van der Waals surface area contributed by atoms with Crippen molar-refractivity contribution in [3.63, 3.8) is 0 Å². The van der Waals surface area contributed by atoms with Gasteiger partial charge in [0.25, 0.3) is 0 Å². The number of hydrogen-bond donors (Lipinski definition) is 2. The number of aromatic hydroxyl groups is 1. The molecule has 1 aromatic rings. The van der Waals surface area contributed by atoms with Crippen LogP contribution >= 0.6 is 11.6 Å². The first-order valence-electron chi connectivity index (χ1n) is 4.77.